The summed E-state index contributed by atoms with van der Waals surface area (Å²) < 4.78 is 32.1. The number of carbonyl (C=O) groups is 1. The van der Waals surface area contributed by atoms with Crippen LogP contribution >= 0.6 is 34.7 Å². The summed E-state index contributed by atoms with van der Waals surface area (Å²) in [5.41, 5.74) is 0.317. The molecule has 0 saturated heterocycles. The molecule has 0 unspecified atom stereocenters. The molecule has 0 spiro atoms. The van der Waals surface area contributed by atoms with Gasteiger partial charge in [0, 0.05) is 18.0 Å². The van der Waals surface area contributed by atoms with E-state index in [0.717, 1.165) is 16.3 Å². The molecule has 1 atom stereocenters. The van der Waals surface area contributed by atoms with Crippen LogP contribution in [0, 0.1) is 0 Å². The predicted molar refractivity (Wildman–Crippen MR) is 108 cm³/mol. The molecule has 1 N–H and O–H groups in total. The van der Waals surface area contributed by atoms with Crippen molar-refractivity contribution in [1.29, 1.82) is 0 Å². The van der Waals surface area contributed by atoms with Crippen LogP contribution in [0.2, 0.25) is 5.02 Å². The van der Waals surface area contributed by atoms with Crippen molar-refractivity contribution in [3.63, 3.8) is 0 Å². The van der Waals surface area contributed by atoms with Gasteiger partial charge < -0.3 is 4.74 Å². The van der Waals surface area contributed by atoms with E-state index in [1.807, 2.05) is 6.92 Å². The lowest BCUT2D eigenvalue weighted by Gasteiger charge is -2.21. The molecule has 27 heavy (non-hydrogen) atoms. The molecule has 2 heterocycles. The molecule has 0 saturated carbocycles. The molecule has 0 fully saturated rings. The van der Waals surface area contributed by atoms with E-state index in [9.17, 15) is 13.2 Å². The number of fused-ring (bicyclic) bond motifs is 1. The van der Waals surface area contributed by atoms with Crippen molar-refractivity contribution >= 4 is 61.4 Å². The van der Waals surface area contributed by atoms with E-state index in [4.69, 9.17) is 16.3 Å². The number of amides is 1. The molecule has 2 aromatic rings. The smallest absolute Gasteiger partial charge is 0.267 e. The number of carbonyl (C=O) groups excluding carboxylic acids is 1. The van der Waals surface area contributed by atoms with Gasteiger partial charge in [0.1, 0.15) is 5.75 Å². The molecule has 0 radical (unpaired) electrons. The van der Waals surface area contributed by atoms with Crippen molar-refractivity contribution in [2.75, 3.05) is 28.2 Å². The van der Waals surface area contributed by atoms with Gasteiger partial charge in [0.25, 0.3) is 5.91 Å². The average molecular weight is 449 g/mol. The fourth-order valence-electron chi connectivity index (χ4n) is 2.51. The van der Waals surface area contributed by atoms with Crippen LogP contribution in [-0.4, -0.2) is 49.2 Å². The van der Waals surface area contributed by atoms with Gasteiger partial charge in [-0.1, -0.05) is 41.6 Å². The van der Waals surface area contributed by atoms with E-state index in [1.54, 1.807) is 12.1 Å². The molecule has 1 aromatic heterocycles. The van der Waals surface area contributed by atoms with Crippen molar-refractivity contribution in [3.8, 4) is 5.75 Å². The molecule has 146 valence electrons. The maximum atomic E-state index is 12.6. The highest BCUT2D eigenvalue weighted by Crippen LogP contribution is 2.36. The highest BCUT2D eigenvalue weighted by atomic mass is 35.5. The number of nitrogens with one attached hydrogen (secondary N) is 1. The van der Waals surface area contributed by atoms with Gasteiger partial charge in [0.15, 0.2) is 10.4 Å². The molecule has 0 bridgehead atoms. The third-order valence-electron chi connectivity index (χ3n) is 3.65. The van der Waals surface area contributed by atoms with Crippen LogP contribution in [-0.2, 0) is 14.8 Å². The Labute approximate surface area is 170 Å². The second-order valence-corrected chi connectivity index (χ2v) is 10.5. The number of aromatic nitrogens is 2. The summed E-state index contributed by atoms with van der Waals surface area (Å²) >= 11 is 8.82. The first kappa shape index (κ1) is 20.2. The van der Waals surface area contributed by atoms with Gasteiger partial charge in [0.05, 0.1) is 11.9 Å². The predicted octanol–water partition coefficient (Wildman–Crippen LogP) is 2.86. The summed E-state index contributed by atoms with van der Waals surface area (Å²) in [6, 6.07) is 4.65. The fourth-order valence-corrected chi connectivity index (χ4v) is 5.26. The van der Waals surface area contributed by atoms with Gasteiger partial charge in [-0.15, -0.1) is 10.2 Å². The lowest BCUT2D eigenvalue weighted by molar-refractivity contribution is -0.122. The van der Waals surface area contributed by atoms with Crippen LogP contribution < -0.4 is 14.4 Å². The lowest BCUT2D eigenvalue weighted by Crippen LogP contribution is -2.35. The summed E-state index contributed by atoms with van der Waals surface area (Å²) in [4.78, 5) is 12.6. The zero-order chi connectivity index (χ0) is 19.6. The van der Waals surface area contributed by atoms with Gasteiger partial charge in [-0.05, 0) is 24.0 Å². The van der Waals surface area contributed by atoms with Gasteiger partial charge in [-0.25, -0.2) is 8.42 Å². The number of hydrogen-bond acceptors (Lipinski definition) is 8. The van der Waals surface area contributed by atoms with Crippen LogP contribution in [0.25, 0.3) is 0 Å². The third-order valence-corrected chi connectivity index (χ3v) is 6.92. The first-order valence-electron chi connectivity index (χ1n) is 7.99. The quantitative estimate of drug-likeness (QED) is 0.554. The van der Waals surface area contributed by atoms with Crippen molar-refractivity contribution < 1.29 is 17.9 Å². The van der Waals surface area contributed by atoms with Crippen molar-refractivity contribution in [3.05, 3.63) is 23.2 Å². The Morgan fingerprint density at radius 3 is 2.96 bits per heavy atom. The first-order valence-corrected chi connectivity index (χ1v) is 12.0. The fraction of sp³-hybridized carbons (Fsp3) is 0.400. The van der Waals surface area contributed by atoms with E-state index >= 15 is 0 Å². The van der Waals surface area contributed by atoms with Crippen LogP contribution in [0.15, 0.2) is 22.5 Å². The number of rotatable bonds is 5. The summed E-state index contributed by atoms with van der Waals surface area (Å²) in [7, 11) is -3.55. The SMILES string of the molecule is CCSc1nnc(NC(=O)[C@H]2CCN(S(C)(=O)=O)c3cc(Cl)ccc3O2)s1. The van der Waals surface area contributed by atoms with E-state index < -0.39 is 22.0 Å². The largest absolute Gasteiger partial charge is 0.478 e. The Morgan fingerprint density at radius 1 is 1.48 bits per heavy atom. The lowest BCUT2D eigenvalue weighted by atomic mass is 10.2. The maximum Gasteiger partial charge on any atom is 0.267 e. The Bertz CT molecular complexity index is 950. The highest BCUT2D eigenvalue weighted by Gasteiger charge is 2.31. The Hall–Kier alpha value is -1.56. The minimum atomic E-state index is -3.55. The zero-order valence-corrected chi connectivity index (χ0v) is 17.7. The normalized spacial score (nSPS) is 17.0. The molecule has 8 nitrogen and oxygen atoms in total. The van der Waals surface area contributed by atoms with Crippen LogP contribution in [0.1, 0.15) is 13.3 Å². The van der Waals surface area contributed by atoms with Crippen LogP contribution in [0.4, 0.5) is 10.8 Å². The number of sulfonamides is 1. The molecular weight excluding hydrogens is 432 g/mol. The molecule has 0 aliphatic carbocycles. The molecule has 1 aliphatic rings. The maximum absolute atomic E-state index is 12.6. The second-order valence-electron chi connectivity index (χ2n) is 5.64. The average Bonchev–Trinajstić information content (AvgIpc) is 2.92. The summed E-state index contributed by atoms with van der Waals surface area (Å²) in [5.74, 6) is 0.729. The van der Waals surface area contributed by atoms with Crippen LogP contribution in [0.5, 0.6) is 5.75 Å². The van der Waals surface area contributed by atoms with Gasteiger partial charge in [0.2, 0.25) is 15.2 Å². The molecule has 1 aromatic carbocycles. The third kappa shape index (κ3) is 4.84. The summed E-state index contributed by atoms with van der Waals surface area (Å²) in [6.45, 7) is 2.10. The summed E-state index contributed by atoms with van der Waals surface area (Å²) in [6.07, 6.45) is 0.412. The first-order chi connectivity index (χ1) is 12.8. The topological polar surface area (TPSA) is 101 Å². The number of hydrogen-bond donors (Lipinski definition) is 1. The standard InChI is InChI=1S/C15H17ClN4O4S3/c1-3-25-15-19-18-14(26-15)17-13(21)12-6-7-20(27(2,22)23)10-8-9(16)4-5-11(10)24-12/h4-5,8,12H,3,6-7H2,1-2H3,(H,17,18,21)/t12-/m1/s1. The molecular formula is C15H17ClN4O4S3. The molecule has 1 amide bonds. The number of halogens is 1. The molecule has 12 heteroatoms. The van der Waals surface area contributed by atoms with Crippen molar-refractivity contribution in [2.24, 2.45) is 0 Å². The van der Waals surface area contributed by atoms with E-state index in [2.05, 4.69) is 15.5 Å². The second kappa shape index (κ2) is 8.21. The molecule has 3 rings (SSSR count). The number of nitrogens with zero attached hydrogens (tertiary/aromatic N) is 3. The summed E-state index contributed by atoms with van der Waals surface area (Å²) in [5, 5.41) is 11.4. The monoisotopic (exact) mass is 448 g/mol. The molecule has 1 aliphatic heterocycles. The van der Waals surface area contributed by atoms with Crippen molar-refractivity contribution in [1.82, 2.24) is 10.2 Å². The van der Waals surface area contributed by atoms with E-state index in [0.29, 0.717) is 15.8 Å². The van der Waals surface area contributed by atoms with Gasteiger partial charge in [-0.3, -0.25) is 14.4 Å². The number of thioether (sulfide) groups is 1. The zero-order valence-electron chi connectivity index (χ0n) is 14.5. The number of benzene rings is 1. The number of anilines is 2. The van der Waals surface area contributed by atoms with Crippen LogP contribution in [0.3, 0.4) is 0 Å². The highest BCUT2D eigenvalue weighted by molar-refractivity contribution is 8.01. The minimum absolute atomic E-state index is 0.0946. The van der Waals surface area contributed by atoms with Gasteiger partial charge in [-0.2, -0.15) is 0 Å². The number of ether oxygens (including phenoxy) is 1. The van der Waals surface area contributed by atoms with E-state index in [-0.39, 0.29) is 18.7 Å². The van der Waals surface area contributed by atoms with Gasteiger partial charge >= 0.3 is 0 Å². The Kier molecular flexibility index (Phi) is 6.14. The Balaban J connectivity index is 1.81. The van der Waals surface area contributed by atoms with E-state index in [1.165, 1.54) is 33.5 Å². The minimum Gasteiger partial charge on any atom is -0.478 e. The van der Waals surface area contributed by atoms with Crippen molar-refractivity contribution in [2.45, 2.75) is 23.8 Å². The Morgan fingerprint density at radius 2 is 2.26 bits per heavy atom.